The van der Waals surface area contributed by atoms with Gasteiger partial charge in [-0.1, -0.05) is 72.8 Å². The predicted molar refractivity (Wildman–Crippen MR) is 110 cm³/mol. The molecule has 0 fully saturated rings. The van der Waals surface area contributed by atoms with Crippen molar-refractivity contribution in [1.82, 2.24) is 5.32 Å². The van der Waals surface area contributed by atoms with Crippen molar-refractivity contribution in [2.75, 3.05) is 7.11 Å². The van der Waals surface area contributed by atoms with E-state index in [0.29, 0.717) is 0 Å². The van der Waals surface area contributed by atoms with Crippen LogP contribution in [-0.2, 0) is 4.79 Å². The summed E-state index contributed by atoms with van der Waals surface area (Å²) in [5.41, 5.74) is 4.14. The Bertz CT molecular complexity index is 932. The van der Waals surface area contributed by atoms with Crippen LogP contribution in [0, 0.1) is 6.92 Å². The zero-order valence-corrected chi connectivity index (χ0v) is 15.6. The highest BCUT2D eigenvalue weighted by Crippen LogP contribution is 2.25. The number of carbonyl (C=O) groups excluding carboxylic acids is 1. The molecule has 0 heterocycles. The Morgan fingerprint density at radius 3 is 2.33 bits per heavy atom. The molecular formula is C24H23NO2. The van der Waals surface area contributed by atoms with Gasteiger partial charge in [0.05, 0.1) is 13.2 Å². The summed E-state index contributed by atoms with van der Waals surface area (Å²) in [5, 5.41) is 3.13. The molecule has 3 nitrogen and oxygen atoms in total. The molecule has 0 aliphatic carbocycles. The van der Waals surface area contributed by atoms with Crippen LogP contribution in [0.4, 0.5) is 0 Å². The van der Waals surface area contributed by atoms with Gasteiger partial charge < -0.3 is 10.1 Å². The standard InChI is InChI=1S/C24H23NO2/c1-18-10-6-8-14-21(18)24(20-12-4-3-5-13-20)25-23(26)17-16-19-11-7-9-15-22(19)27-2/h3-17,24H,1-2H3,(H,25,26)/b17-16+/t24-/m1/s1. The van der Waals surface area contributed by atoms with E-state index >= 15 is 0 Å². The highest BCUT2D eigenvalue weighted by Gasteiger charge is 2.17. The summed E-state index contributed by atoms with van der Waals surface area (Å²) in [5.74, 6) is 0.582. The van der Waals surface area contributed by atoms with Gasteiger partial charge in [0, 0.05) is 11.6 Å². The maximum absolute atomic E-state index is 12.6. The minimum Gasteiger partial charge on any atom is -0.496 e. The van der Waals surface area contributed by atoms with Gasteiger partial charge in [0.15, 0.2) is 0 Å². The molecule has 3 heteroatoms. The number of para-hydroxylation sites is 1. The minimum absolute atomic E-state index is 0.155. The van der Waals surface area contributed by atoms with Crippen LogP contribution in [0.5, 0.6) is 5.75 Å². The van der Waals surface area contributed by atoms with Crippen LogP contribution in [-0.4, -0.2) is 13.0 Å². The van der Waals surface area contributed by atoms with Crippen LogP contribution >= 0.6 is 0 Å². The maximum atomic E-state index is 12.6. The molecule has 0 saturated carbocycles. The summed E-state index contributed by atoms with van der Waals surface area (Å²) in [4.78, 5) is 12.6. The van der Waals surface area contributed by atoms with Crippen LogP contribution in [0.15, 0.2) is 84.9 Å². The molecule has 1 N–H and O–H groups in total. The van der Waals surface area contributed by atoms with Crippen LogP contribution in [0.2, 0.25) is 0 Å². The largest absolute Gasteiger partial charge is 0.496 e. The van der Waals surface area contributed by atoms with Gasteiger partial charge in [0.25, 0.3) is 0 Å². The summed E-state index contributed by atoms with van der Waals surface area (Å²) in [6, 6.07) is 25.5. The molecule has 136 valence electrons. The van der Waals surface area contributed by atoms with Gasteiger partial charge in [-0.2, -0.15) is 0 Å². The van der Waals surface area contributed by atoms with E-state index < -0.39 is 0 Å². The summed E-state index contributed by atoms with van der Waals surface area (Å²) in [6.45, 7) is 2.06. The van der Waals surface area contributed by atoms with Crippen molar-refractivity contribution in [2.45, 2.75) is 13.0 Å². The van der Waals surface area contributed by atoms with Crippen molar-refractivity contribution in [2.24, 2.45) is 0 Å². The molecule has 0 spiro atoms. The summed E-state index contributed by atoms with van der Waals surface area (Å²) >= 11 is 0. The van der Waals surface area contributed by atoms with Gasteiger partial charge in [-0.05, 0) is 35.8 Å². The van der Waals surface area contributed by atoms with Crippen LogP contribution < -0.4 is 10.1 Å². The molecule has 0 radical (unpaired) electrons. The molecule has 0 saturated heterocycles. The van der Waals surface area contributed by atoms with Gasteiger partial charge in [-0.15, -0.1) is 0 Å². The minimum atomic E-state index is -0.206. The van der Waals surface area contributed by atoms with E-state index in [1.54, 1.807) is 19.3 Å². The third kappa shape index (κ3) is 4.64. The molecule has 1 amide bonds. The number of hydrogen-bond donors (Lipinski definition) is 1. The maximum Gasteiger partial charge on any atom is 0.244 e. The molecule has 3 aromatic carbocycles. The number of amides is 1. The average molecular weight is 357 g/mol. The lowest BCUT2D eigenvalue weighted by Crippen LogP contribution is -2.28. The van der Waals surface area contributed by atoms with Gasteiger partial charge in [0.2, 0.25) is 5.91 Å². The van der Waals surface area contributed by atoms with E-state index in [9.17, 15) is 4.79 Å². The first-order valence-corrected chi connectivity index (χ1v) is 8.91. The highest BCUT2D eigenvalue weighted by molar-refractivity contribution is 5.92. The molecule has 0 unspecified atom stereocenters. The number of nitrogens with one attached hydrogen (secondary N) is 1. The highest BCUT2D eigenvalue weighted by atomic mass is 16.5. The fraction of sp³-hybridized carbons (Fsp3) is 0.125. The van der Waals surface area contributed by atoms with Gasteiger partial charge in [-0.25, -0.2) is 0 Å². The zero-order chi connectivity index (χ0) is 19.1. The fourth-order valence-electron chi connectivity index (χ4n) is 3.06. The predicted octanol–water partition coefficient (Wildman–Crippen LogP) is 4.92. The second-order valence-electron chi connectivity index (χ2n) is 6.28. The van der Waals surface area contributed by atoms with Crippen molar-refractivity contribution in [3.8, 4) is 5.75 Å². The third-order valence-electron chi connectivity index (χ3n) is 4.47. The van der Waals surface area contributed by atoms with E-state index in [1.165, 1.54) is 0 Å². The second-order valence-corrected chi connectivity index (χ2v) is 6.28. The first kappa shape index (κ1) is 18.5. The molecule has 0 bridgehead atoms. The molecule has 0 aliphatic rings. The number of methoxy groups -OCH3 is 1. The Hall–Kier alpha value is -3.33. The topological polar surface area (TPSA) is 38.3 Å². The molecule has 27 heavy (non-hydrogen) atoms. The van der Waals surface area contributed by atoms with Crippen LogP contribution in [0.3, 0.4) is 0 Å². The molecule has 3 aromatic rings. The lowest BCUT2D eigenvalue weighted by molar-refractivity contribution is -0.116. The Kier molecular flexibility index (Phi) is 6.06. The smallest absolute Gasteiger partial charge is 0.244 e. The number of rotatable bonds is 6. The first-order valence-electron chi connectivity index (χ1n) is 8.91. The van der Waals surface area contributed by atoms with E-state index in [0.717, 1.165) is 28.0 Å². The van der Waals surface area contributed by atoms with E-state index in [1.807, 2.05) is 66.7 Å². The first-order chi connectivity index (χ1) is 13.2. The van der Waals surface area contributed by atoms with E-state index in [4.69, 9.17) is 4.74 Å². The van der Waals surface area contributed by atoms with Gasteiger partial charge >= 0.3 is 0 Å². The van der Waals surface area contributed by atoms with Crippen LogP contribution in [0.1, 0.15) is 28.3 Å². The number of ether oxygens (including phenoxy) is 1. The zero-order valence-electron chi connectivity index (χ0n) is 15.6. The monoisotopic (exact) mass is 357 g/mol. The lowest BCUT2D eigenvalue weighted by Gasteiger charge is -2.21. The summed E-state index contributed by atoms with van der Waals surface area (Å²) < 4.78 is 5.33. The van der Waals surface area contributed by atoms with Gasteiger partial charge in [0.1, 0.15) is 5.75 Å². The molecular weight excluding hydrogens is 334 g/mol. The Labute approximate surface area is 160 Å². The van der Waals surface area contributed by atoms with Crippen molar-refractivity contribution in [3.63, 3.8) is 0 Å². The third-order valence-corrected chi connectivity index (χ3v) is 4.47. The second kappa shape index (κ2) is 8.86. The van der Waals surface area contributed by atoms with E-state index in [-0.39, 0.29) is 11.9 Å². The fourth-order valence-corrected chi connectivity index (χ4v) is 3.06. The number of aryl methyl sites for hydroxylation is 1. The molecule has 0 aliphatic heterocycles. The Balaban J connectivity index is 1.85. The summed E-state index contributed by atoms with van der Waals surface area (Å²) in [7, 11) is 1.62. The van der Waals surface area contributed by atoms with Crippen molar-refractivity contribution in [1.29, 1.82) is 0 Å². The van der Waals surface area contributed by atoms with Crippen molar-refractivity contribution < 1.29 is 9.53 Å². The lowest BCUT2D eigenvalue weighted by atomic mass is 9.95. The number of benzene rings is 3. The van der Waals surface area contributed by atoms with Crippen molar-refractivity contribution >= 4 is 12.0 Å². The quantitative estimate of drug-likeness (QED) is 0.636. The SMILES string of the molecule is COc1ccccc1/C=C/C(=O)N[C@H](c1ccccc1)c1ccccc1C. The molecule has 1 atom stereocenters. The van der Waals surface area contributed by atoms with Gasteiger partial charge in [-0.3, -0.25) is 4.79 Å². The van der Waals surface area contributed by atoms with E-state index in [2.05, 4.69) is 24.4 Å². The average Bonchev–Trinajstić information content (AvgIpc) is 2.72. The molecule has 0 aromatic heterocycles. The normalized spacial score (nSPS) is 11.9. The summed E-state index contributed by atoms with van der Waals surface area (Å²) in [6.07, 6.45) is 3.32. The Morgan fingerprint density at radius 1 is 0.926 bits per heavy atom. The molecule has 3 rings (SSSR count). The Morgan fingerprint density at radius 2 is 1.59 bits per heavy atom. The van der Waals surface area contributed by atoms with Crippen LogP contribution in [0.25, 0.3) is 6.08 Å². The number of carbonyl (C=O) groups is 1. The number of hydrogen-bond acceptors (Lipinski definition) is 2. The van der Waals surface area contributed by atoms with Crippen molar-refractivity contribution in [3.05, 3.63) is 107 Å².